The van der Waals surface area contributed by atoms with Crippen molar-refractivity contribution in [1.29, 1.82) is 0 Å². The quantitative estimate of drug-likeness (QED) is 0.0921. The van der Waals surface area contributed by atoms with Gasteiger partial charge in [-0.05, 0) is 54.2 Å². The van der Waals surface area contributed by atoms with Crippen LogP contribution in [0, 0.1) is 5.92 Å². The molecule has 0 radical (unpaired) electrons. The third kappa shape index (κ3) is 14.5. The van der Waals surface area contributed by atoms with Gasteiger partial charge in [-0.1, -0.05) is 115 Å². The van der Waals surface area contributed by atoms with Gasteiger partial charge in [0.2, 0.25) is 0 Å². The van der Waals surface area contributed by atoms with Gasteiger partial charge in [0.05, 0.1) is 6.61 Å². The van der Waals surface area contributed by atoms with Gasteiger partial charge in [-0.25, -0.2) is 4.79 Å². The molecule has 41 heavy (non-hydrogen) atoms. The summed E-state index contributed by atoms with van der Waals surface area (Å²) in [5.41, 5.74) is 2.42. The van der Waals surface area contributed by atoms with Crippen LogP contribution in [0.3, 0.4) is 0 Å². The van der Waals surface area contributed by atoms with Gasteiger partial charge in [0.15, 0.2) is 0 Å². The molecule has 224 valence electrons. The zero-order valence-corrected chi connectivity index (χ0v) is 25.0. The first kappa shape index (κ1) is 33.6. The second kappa shape index (κ2) is 19.5. The topological polar surface area (TPSA) is 105 Å². The summed E-state index contributed by atoms with van der Waals surface area (Å²) in [5.74, 6) is -2.11. The van der Waals surface area contributed by atoms with E-state index in [1.54, 1.807) is 12.1 Å². The van der Waals surface area contributed by atoms with Gasteiger partial charge >= 0.3 is 17.8 Å². The molecule has 0 saturated carbocycles. The van der Waals surface area contributed by atoms with E-state index in [9.17, 15) is 19.5 Å². The minimum absolute atomic E-state index is 0.0607. The van der Waals surface area contributed by atoms with Crippen LogP contribution in [-0.2, 0) is 14.4 Å². The number of benzene rings is 2. The first-order valence-corrected chi connectivity index (χ1v) is 15.1. The Morgan fingerprint density at radius 2 is 1.27 bits per heavy atom. The van der Waals surface area contributed by atoms with Crippen molar-refractivity contribution in [1.82, 2.24) is 5.32 Å². The van der Waals surface area contributed by atoms with E-state index in [0.717, 1.165) is 29.9 Å². The van der Waals surface area contributed by atoms with E-state index in [4.69, 9.17) is 4.74 Å². The number of carboxylic acids is 1. The lowest BCUT2D eigenvalue weighted by atomic mass is 10.0. The van der Waals surface area contributed by atoms with Crippen LogP contribution in [-0.4, -0.2) is 35.5 Å². The molecule has 2 aromatic rings. The number of carbonyl (C=O) groups excluding carboxylic acids is 2. The van der Waals surface area contributed by atoms with Gasteiger partial charge in [0, 0.05) is 5.69 Å². The maximum absolute atomic E-state index is 12.2. The molecule has 0 saturated heterocycles. The number of rotatable bonds is 19. The number of anilines is 1. The standard InChI is InChI=1S/C34H48N2O5/c1-4-5-6-7-8-9-10-11-12-13-24-41-30-22-18-28(19-23-30)15-14-27-16-20-29(21-17-27)35-32(37)33(38)36-31(34(39)40)25-26(2)3/h14-23,26,31H,4-13,24-25H2,1-3H3,(H,35,37)(H,36,38)(H,39,40)/b15-14+/t31-/m0/s1. The van der Waals surface area contributed by atoms with E-state index in [1.165, 1.54) is 57.8 Å². The maximum atomic E-state index is 12.2. The van der Waals surface area contributed by atoms with Gasteiger partial charge in [0.1, 0.15) is 11.8 Å². The average Bonchev–Trinajstić information content (AvgIpc) is 2.95. The number of hydrogen-bond acceptors (Lipinski definition) is 4. The second-order valence-corrected chi connectivity index (χ2v) is 11.0. The van der Waals surface area contributed by atoms with E-state index in [-0.39, 0.29) is 12.3 Å². The van der Waals surface area contributed by atoms with Crippen molar-refractivity contribution in [2.24, 2.45) is 5.92 Å². The Hall–Kier alpha value is -3.61. The molecule has 1 atom stereocenters. The normalized spacial score (nSPS) is 11.9. The van der Waals surface area contributed by atoms with Gasteiger partial charge in [-0.2, -0.15) is 0 Å². The summed E-state index contributed by atoms with van der Waals surface area (Å²) in [7, 11) is 0. The Morgan fingerprint density at radius 3 is 1.78 bits per heavy atom. The summed E-state index contributed by atoms with van der Waals surface area (Å²) in [6, 6.07) is 13.9. The van der Waals surface area contributed by atoms with Crippen LogP contribution in [0.15, 0.2) is 48.5 Å². The van der Waals surface area contributed by atoms with E-state index >= 15 is 0 Å². The van der Waals surface area contributed by atoms with Gasteiger partial charge in [-0.3, -0.25) is 9.59 Å². The lowest BCUT2D eigenvalue weighted by Gasteiger charge is -2.16. The Morgan fingerprint density at radius 1 is 0.756 bits per heavy atom. The number of ether oxygens (including phenoxy) is 1. The monoisotopic (exact) mass is 564 g/mol. The minimum Gasteiger partial charge on any atom is -0.494 e. The molecule has 2 aromatic carbocycles. The zero-order valence-electron chi connectivity index (χ0n) is 25.0. The molecule has 0 aliphatic carbocycles. The second-order valence-electron chi connectivity index (χ2n) is 11.0. The molecule has 0 fully saturated rings. The van der Waals surface area contributed by atoms with Crippen molar-refractivity contribution < 1.29 is 24.2 Å². The van der Waals surface area contributed by atoms with Crippen LogP contribution >= 0.6 is 0 Å². The van der Waals surface area contributed by atoms with E-state index in [0.29, 0.717) is 5.69 Å². The van der Waals surface area contributed by atoms with Crippen LogP contribution in [0.4, 0.5) is 5.69 Å². The van der Waals surface area contributed by atoms with Crippen molar-refractivity contribution >= 4 is 35.6 Å². The average molecular weight is 565 g/mol. The van der Waals surface area contributed by atoms with Gasteiger partial charge in [0.25, 0.3) is 0 Å². The third-order valence-corrected chi connectivity index (χ3v) is 6.80. The molecule has 0 aromatic heterocycles. The zero-order chi connectivity index (χ0) is 29.9. The highest BCUT2D eigenvalue weighted by Gasteiger charge is 2.24. The third-order valence-electron chi connectivity index (χ3n) is 6.80. The van der Waals surface area contributed by atoms with Crippen LogP contribution in [0.1, 0.15) is 103 Å². The summed E-state index contributed by atoms with van der Waals surface area (Å²) in [4.78, 5) is 35.7. The summed E-state index contributed by atoms with van der Waals surface area (Å²) in [5, 5.41) is 14.0. The Kier molecular flexibility index (Phi) is 15.9. The van der Waals surface area contributed by atoms with Crippen LogP contribution < -0.4 is 15.4 Å². The highest BCUT2D eigenvalue weighted by atomic mass is 16.5. The van der Waals surface area contributed by atoms with Crippen molar-refractivity contribution in [2.45, 2.75) is 97.4 Å². The summed E-state index contributed by atoms with van der Waals surface area (Å²) >= 11 is 0. The maximum Gasteiger partial charge on any atom is 0.326 e. The predicted octanol–water partition coefficient (Wildman–Crippen LogP) is 7.71. The first-order valence-electron chi connectivity index (χ1n) is 15.1. The predicted molar refractivity (Wildman–Crippen MR) is 167 cm³/mol. The van der Waals surface area contributed by atoms with Crippen LogP contribution in [0.2, 0.25) is 0 Å². The minimum atomic E-state index is -1.16. The lowest BCUT2D eigenvalue weighted by Crippen LogP contribution is -2.46. The number of aliphatic carboxylic acids is 1. The largest absolute Gasteiger partial charge is 0.494 e. The molecule has 7 nitrogen and oxygen atoms in total. The van der Waals surface area contributed by atoms with Crippen LogP contribution in [0.5, 0.6) is 5.75 Å². The Labute approximate surface area is 245 Å². The molecule has 0 unspecified atom stereocenters. The molecular formula is C34H48N2O5. The SMILES string of the molecule is CCCCCCCCCCCCOc1ccc(/C=C/c2ccc(NC(=O)C(=O)N[C@@H](CC(C)C)C(=O)O)cc2)cc1. The Balaban J connectivity index is 1.69. The smallest absolute Gasteiger partial charge is 0.326 e. The number of hydrogen-bond donors (Lipinski definition) is 3. The summed E-state index contributed by atoms with van der Waals surface area (Å²) in [6.07, 6.45) is 17.3. The number of nitrogens with one attached hydrogen (secondary N) is 2. The number of carbonyl (C=O) groups is 3. The molecule has 0 aliphatic rings. The number of amides is 2. The first-order chi connectivity index (χ1) is 19.8. The fourth-order valence-corrected chi connectivity index (χ4v) is 4.43. The molecule has 0 bridgehead atoms. The fourth-order valence-electron chi connectivity index (χ4n) is 4.43. The molecule has 3 N–H and O–H groups in total. The number of carboxylic acid groups (broad SMARTS) is 1. The molecule has 0 spiro atoms. The lowest BCUT2D eigenvalue weighted by molar-refractivity contribution is -0.144. The molecule has 2 rings (SSSR count). The van der Waals surface area contributed by atoms with Crippen molar-refractivity contribution in [3.05, 3.63) is 59.7 Å². The summed E-state index contributed by atoms with van der Waals surface area (Å²) < 4.78 is 5.89. The summed E-state index contributed by atoms with van der Waals surface area (Å²) in [6.45, 7) is 6.70. The van der Waals surface area contributed by atoms with Crippen molar-refractivity contribution in [3.8, 4) is 5.75 Å². The number of unbranched alkanes of at least 4 members (excludes halogenated alkanes) is 9. The highest BCUT2D eigenvalue weighted by Crippen LogP contribution is 2.17. The van der Waals surface area contributed by atoms with Crippen LogP contribution in [0.25, 0.3) is 12.2 Å². The highest BCUT2D eigenvalue weighted by molar-refractivity contribution is 6.40. The molecular weight excluding hydrogens is 516 g/mol. The van der Waals surface area contributed by atoms with Gasteiger partial charge < -0.3 is 20.5 Å². The molecule has 0 heterocycles. The van der Waals surface area contributed by atoms with E-state index < -0.39 is 23.8 Å². The molecule has 7 heteroatoms. The van der Waals surface area contributed by atoms with Crippen molar-refractivity contribution in [3.63, 3.8) is 0 Å². The van der Waals surface area contributed by atoms with Crippen molar-refractivity contribution in [2.75, 3.05) is 11.9 Å². The van der Waals surface area contributed by atoms with E-state index in [2.05, 4.69) is 17.6 Å². The van der Waals surface area contributed by atoms with E-state index in [1.807, 2.05) is 62.4 Å². The fraction of sp³-hybridized carbons (Fsp3) is 0.500. The molecule has 0 aliphatic heterocycles. The molecule has 2 amide bonds. The van der Waals surface area contributed by atoms with Gasteiger partial charge in [-0.15, -0.1) is 0 Å². The Bertz CT molecular complexity index is 1080.